The van der Waals surface area contributed by atoms with Gasteiger partial charge >= 0.3 is 0 Å². The molecule has 4 rings (SSSR count). The summed E-state index contributed by atoms with van der Waals surface area (Å²) in [7, 11) is 1.63. The van der Waals surface area contributed by atoms with Gasteiger partial charge in [-0.1, -0.05) is 23.9 Å². The zero-order valence-corrected chi connectivity index (χ0v) is 15.7. The third kappa shape index (κ3) is 3.65. The summed E-state index contributed by atoms with van der Waals surface area (Å²) in [5.74, 6) is 1.39. The average Bonchev–Trinajstić information content (AvgIpc) is 3.15. The Balaban J connectivity index is 1.56. The molecule has 0 fully saturated rings. The molecular formula is C19H15N5O3S. The number of hydrogen-bond donors (Lipinski definition) is 0. The third-order valence-corrected chi connectivity index (χ3v) is 5.13. The SMILES string of the molecule is COc1ccc(-c2ccc3nnc(SCc4ccc([N+](=O)[O-])cc4)n3n2)cc1. The van der Waals surface area contributed by atoms with E-state index in [1.54, 1.807) is 23.8 Å². The molecule has 0 amide bonds. The van der Waals surface area contributed by atoms with E-state index in [9.17, 15) is 10.1 Å². The van der Waals surface area contributed by atoms with Crippen LogP contribution in [0.2, 0.25) is 0 Å². The largest absolute Gasteiger partial charge is 0.497 e. The molecule has 0 bridgehead atoms. The van der Waals surface area contributed by atoms with Gasteiger partial charge in [0.15, 0.2) is 5.65 Å². The minimum atomic E-state index is -0.409. The minimum Gasteiger partial charge on any atom is -0.497 e. The fourth-order valence-electron chi connectivity index (χ4n) is 2.64. The topological polar surface area (TPSA) is 95.5 Å². The van der Waals surface area contributed by atoms with E-state index in [2.05, 4.69) is 15.3 Å². The first-order valence-corrected chi connectivity index (χ1v) is 9.35. The first kappa shape index (κ1) is 17.9. The number of thioether (sulfide) groups is 1. The van der Waals surface area contributed by atoms with Crippen LogP contribution in [0.1, 0.15) is 5.56 Å². The summed E-state index contributed by atoms with van der Waals surface area (Å²) in [6.45, 7) is 0. The van der Waals surface area contributed by atoms with Crippen LogP contribution < -0.4 is 4.74 Å². The Kier molecular flexibility index (Phi) is 4.90. The molecule has 28 heavy (non-hydrogen) atoms. The number of methoxy groups -OCH3 is 1. The van der Waals surface area contributed by atoms with E-state index in [1.807, 2.05) is 36.4 Å². The van der Waals surface area contributed by atoms with E-state index >= 15 is 0 Å². The molecule has 2 aromatic heterocycles. The van der Waals surface area contributed by atoms with Crippen LogP contribution in [0.3, 0.4) is 0 Å². The summed E-state index contributed by atoms with van der Waals surface area (Å²) in [5.41, 5.74) is 3.45. The van der Waals surface area contributed by atoms with Gasteiger partial charge in [-0.2, -0.15) is 9.61 Å². The molecule has 2 heterocycles. The first-order chi connectivity index (χ1) is 13.6. The van der Waals surface area contributed by atoms with Gasteiger partial charge in [-0.25, -0.2) is 0 Å². The number of nitrogens with zero attached hydrogens (tertiary/aromatic N) is 5. The number of nitro benzene ring substituents is 1. The molecule has 0 saturated heterocycles. The van der Waals surface area contributed by atoms with E-state index in [1.165, 1.54) is 23.9 Å². The molecule has 0 spiro atoms. The first-order valence-electron chi connectivity index (χ1n) is 8.37. The van der Waals surface area contributed by atoms with Crippen molar-refractivity contribution in [1.29, 1.82) is 0 Å². The summed E-state index contributed by atoms with van der Waals surface area (Å²) in [4.78, 5) is 10.3. The predicted octanol–water partition coefficient (Wildman–Crippen LogP) is 4.00. The van der Waals surface area contributed by atoms with Crippen LogP contribution in [0.15, 0.2) is 65.8 Å². The number of nitro groups is 1. The Labute approximate surface area is 164 Å². The second kappa shape index (κ2) is 7.65. The minimum absolute atomic E-state index is 0.0764. The van der Waals surface area contributed by atoms with E-state index in [-0.39, 0.29) is 5.69 Å². The fourth-order valence-corrected chi connectivity index (χ4v) is 3.48. The van der Waals surface area contributed by atoms with Gasteiger partial charge < -0.3 is 4.74 Å². The van der Waals surface area contributed by atoms with E-state index in [0.29, 0.717) is 16.6 Å². The average molecular weight is 393 g/mol. The Morgan fingerprint density at radius 1 is 1.04 bits per heavy atom. The predicted molar refractivity (Wildman–Crippen MR) is 105 cm³/mol. The van der Waals surface area contributed by atoms with Crippen molar-refractivity contribution in [2.24, 2.45) is 0 Å². The molecule has 0 radical (unpaired) electrons. The van der Waals surface area contributed by atoms with Gasteiger partial charge in [0.05, 0.1) is 17.7 Å². The molecule has 0 unspecified atom stereocenters. The molecule has 9 heteroatoms. The summed E-state index contributed by atoms with van der Waals surface area (Å²) < 4.78 is 6.89. The number of hydrogen-bond acceptors (Lipinski definition) is 7. The van der Waals surface area contributed by atoms with Crippen LogP contribution in [0, 0.1) is 10.1 Å². The highest BCUT2D eigenvalue weighted by Crippen LogP contribution is 2.25. The lowest BCUT2D eigenvalue weighted by atomic mass is 10.1. The van der Waals surface area contributed by atoms with Gasteiger partial charge in [-0.05, 0) is 42.0 Å². The lowest BCUT2D eigenvalue weighted by Crippen LogP contribution is -1.97. The molecule has 0 aliphatic rings. The van der Waals surface area contributed by atoms with Crippen molar-refractivity contribution in [2.45, 2.75) is 10.9 Å². The maximum Gasteiger partial charge on any atom is 0.269 e. The van der Waals surface area contributed by atoms with E-state index in [4.69, 9.17) is 4.74 Å². The second-order valence-electron chi connectivity index (χ2n) is 5.91. The molecule has 0 aliphatic heterocycles. The summed E-state index contributed by atoms with van der Waals surface area (Å²) in [6.07, 6.45) is 0. The zero-order valence-electron chi connectivity index (χ0n) is 14.8. The molecule has 2 aromatic carbocycles. The summed E-state index contributed by atoms with van der Waals surface area (Å²) in [6, 6.07) is 17.9. The highest BCUT2D eigenvalue weighted by atomic mass is 32.2. The molecule has 4 aromatic rings. The maximum absolute atomic E-state index is 10.8. The molecule has 0 N–H and O–H groups in total. The lowest BCUT2D eigenvalue weighted by Gasteiger charge is -2.05. The quantitative estimate of drug-likeness (QED) is 0.277. The molecule has 0 atom stereocenters. The van der Waals surface area contributed by atoms with Crippen LogP contribution in [-0.2, 0) is 5.75 Å². The van der Waals surface area contributed by atoms with Gasteiger partial charge in [-0.15, -0.1) is 10.2 Å². The number of rotatable bonds is 6. The van der Waals surface area contributed by atoms with E-state index < -0.39 is 4.92 Å². The van der Waals surface area contributed by atoms with Crippen LogP contribution in [-0.4, -0.2) is 31.8 Å². The third-order valence-electron chi connectivity index (χ3n) is 4.14. The number of non-ortho nitro benzene ring substituents is 1. The van der Waals surface area contributed by atoms with Gasteiger partial charge in [-0.3, -0.25) is 10.1 Å². The van der Waals surface area contributed by atoms with Crippen LogP contribution in [0.4, 0.5) is 5.69 Å². The number of benzene rings is 2. The van der Waals surface area contributed by atoms with Crippen LogP contribution in [0.25, 0.3) is 16.9 Å². The van der Waals surface area contributed by atoms with Gasteiger partial charge in [0, 0.05) is 23.4 Å². The Hall–Kier alpha value is -3.46. The van der Waals surface area contributed by atoms with Crippen molar-refractivity contribution in [2.75, 3.05) is 7.11 Å². The highest BCUT2D eigenvalue weighted by Gasteiger charge is 2.11. The number of fused-ring (bicyclic) bond motifs is 1. The summed E-state index contributed by atoms with van der Waals surface area (Å²) >= 11 is 1.47. The molecule has 8 nitrogen and oxygen atoms in total. The van der Waals surface area contributed by atoms with Crippen molar-refractivity contribution in [1.82, 2.24) is 19.8 Å². The molecule has 0 aliphatic carbocycles. The van der Waals surface area contributed by atoms with Crippen LogP contribution in [0.5, 0.6) is 5.75 Å². The fraction of sp³-hybridized carbons (Fsp3) is 0.105. The number of ether oxygens (including phenoxy) is 1. The maximum atomic E-state index is 10.8. The van der Waals surface area contributed by atoms with Gasteiger partial charge in [0.25, 0.3) is 5.69 Å². The smallest absolute Gasteiger partial charge is 0.269 e. The van der Waals surface area contributed by atoms with Gasteiger partial charge in [0.1, 0.15) is 5.75 Å². The normalized spacial score (nSPS) is 10.9. The Morgan fingerprint density at radius 3 is 2.46 bits per heavy atom. The monoisotopic (exact) mass is 393 g/mol. The summed E-state index contributed by atoms with van der Waals surface area (Å²) in [5, 5.41) is 24.4. The Morgan fingerprint density at radius 2 is 1.79 bits per heavy atom. The second-order valence-corrected chi connectivity index (χ2v) is 6.85. The van der Waals surface area contributed by atoms with Crippen molar-refractivity contribution < 1.29 is 9.66 Å². The lowest BCUT2D eigenvalue weighted by molar-refractivity contribution is -0.384. The molecular weight excluding hydrogens is 378 g/mol. The molecule has 0 saturated carbocycles. The number of aromatic nitrogens is 4. The van der Waals surface area contributed by atoms with Crippen LogP contribution >= 0.6 is 11.8 Å². The van der Waals surface area contributed by atoms with Gasteiger partial charge in [0.2, 0.25) is 5.16 Å². The van der Waals surface area contributed by atoms with Crippen molar-refractivity contribution in [3.8, 4) is 17.0 Å². The van der Waals surface area contributed by atoms with Crippen molar-refractivity contribution >= 4 is 23.1 Å². The van der Waals surface area contributed by atoms with Crippen molar-refractivity contribution in [3.63, 3.8) is 0 Å². The zero-order chi connectivity index (χ0) is 19.5. The highest BCUT2D eigenvalue weighted by molar-refractivity contribution is 7.98. The Bertz CT molecular complexity index is 1130. The van der Waals surface area contributed by atoms with E-state index in [0.717, 1.165) is 22.6 Å². The molecule has 140 valence electrons. The van der Waals surface area contributed by atoms with Crippen molar-refractivity contribution in [3.05, 3.63) is 76.3 Å². The standard InChI is InChI=1S/C19H15N5O3S/c1-27-16-8-4-14(5-9-16)17-10-11-18-20-21-19(23(18)22-17)28-12-13-2-6-15(7-3-13)24(25)26/h2-11H,12H2,1H3.